The maximum absolute atomic E-state index is 13.3. The van der Waals surface area contributed by atoms with Gasteiger partial charge in [0.2, 0.25) is 0 Å². The van der Waals surface area contributed by atoms with E-state index in [0.29, 0.717) is 43.8 Å². The fraction of sp³-hybridized carbons (Fsp3) is 0.120. The molecule has 0 aliphatic rings. The number of hydrazone groups is 1. The largest absolute Gasteiger partial charge is 0.504 e. The second-order valence-electron chi connectivity index (χ2n) is 7.44. The highest BCUT2D eigenvalue weighted by Gasteiger charge is 2.15. The van der Waals surface area contributed by atoms with Crippen molar-refractivity contribution >= 4 is 45.9 Å². The molecule has 4 rings (SSSR count). The fourth-order valence-electron chi connectivity index (χ4n) is 3.30. The summed E-state index contributed by atoms with van der Waals surface area (Å²) in [6.07, 6.45) is 0. The van der Waals surface area contributed by atoms with E-state index in [9.17, 15) is 14.7 Å². The number of carbonyl (C=O) groups excluding carboxylic acids is 1. The molecular formula is C25H21ClN4O4S. The molecule has 10 heteroatoms. The Bertz CT molecular complexity index is 1490. The Morgan fingerprint density at radius 3 is 2.66 bits per heavy atom. The van der Waals surface area contributed by atoms with Crippen LogP contribution in [0.5, 0.6) is 11.5 Å². The van der Waals surface area contributed by atoms with Crippen LogP contribution in [0.4, 0.5) is 0 Å². The van der Waals surface area contributed by atoms with Gasteiger partial charge in [0.05, 0.1) is 35.2 Å². The molecule has 0 radical (unpaired) electrons. The van der Waals surface area contributed by atoms with Crippen LogP contribution in [0.15, 0.2) is 81.8 Å². The first-order valence-corrected chi connectivity index (χ1v) is 11.8. The molecule has 0 spiro atoms. The number of para-hydroxylation sites is 1. The molecule has 0 atom stereocenters. The Labute approximate surface area is 210 Å². The standard InChI is InChI=1S/C25H21ClN4O4S/c1-15(16-7-12-21(31)22(13-16)34-2)28-29-23(32)14-35-25-27-20-6-4-3-5-19(20)24(33)30(25)18-10-8-17(26)9-11-18/h3-13,31H,14H2,1-2H3,(H,29,32). The molecule has 0 unspecified atom stereocenters. The number of phenols is 1. The molecule has 178 valence electrons. The van der Waals surface area contributed by atoms with Gasteiger partial charge in [0, 0.05) is 10.6 Å². The monoisotopic (exact) mass is 508 g/mol. The Morgan fingerprint density at radius 1 is 1.17 bits per heavy atom. The zero-order valence-corrected chi connectivity index (χ0v) is 20.4. The van der Waals surface area contributed by atoms with E-state index >= 15 is 0 Å². The minimum atomic E-state index is -0.370. The van der Waals surface area contributed by atoms with Crippen molar-refractivity contribution < 1.29 is 14.6 Å². The van der Waals surface area contributed by atoms with Gasteiger partial charge in [0.1, 0.15) is 0 Å². The van der Waals surface area contributed by atoms with Crippen LogP contribution in [-0.4, -0.2) is 39.1 Å². The Hall–Kier alpha value is -3.82. The summed E-state index contributed by atoms with van der Waals surface area (Å²) in [6, 6.07) is 18.7. The maximum Gasteiger partial charge on any atom is 0.266 e. The highest BCUT2D eigenvalue weighted by molar-refractivity contribution is 7.99. The molecule has 0 aliphatic carbocycles. The minimum absolute atomic E-state index is 0.0131. The van der Waals surface area contributed by atoms with Crippen molar-refractivity contribution in [2.45, 2.75) is 12.1 Å². The summed E-state index contributed by atoms with van der Waals surface area (Å²) in [6.45, 7) is 1.72. The van der Waals surface area contributed by atoms with Crippen molar-refractivity contribution in [3.05, 3.63) is 87.7 Å². The molecule has 1 aromatic heterocycles. The van der Waals surface area contributed by atoms with E-state index in [0.717, 1.165) is 11.8 Å². The van der Waals surface area contributed by atoms with Crippen LogP contribution in [0.25, 0.3) is 16.6 Å². The van der Waals surface area contributed by atoms with Crippen LogP contribution in [0.3, 0.4) is 0 Å². The quantitative estimate of drug-likeness (QED) is 0.166. The normalized spacial score (nSPS) is 11.5. The van der Waals surface area contributed by atoms with Crippen LogP contribution in [0.1, 0.15) is 12.5 Å². The second-order valence-corrected chi connectivity index (χ2v) is 8.81. The fourth-order valence-corrected chi connectivity index (χ4v) is 4.23. The molecule has 0 saturated heterocycles. The molecule has 0 aliphatic heterocycles. The number of carbonyl (C=O) groups is 1. The lowest BCUT2D eigenvalue weighted by atomic mass is 10.1. The van der Waals surface area contributed by atoms with Crippen LogP contribution in [-0.2, 0) is 4.79 Å². The van der Waals surface area contributed by atoms with Crippen LogP contribution in [0, 0.1) is 0 Å². The first-order valence-electron chi connectivity index (χ1n) is 10.5. The van der Waals surface area contributed by atoms with E-state index in [1.54, 1.807) is 67.6 Å². The second kappa shape index (κ2) is 10.6. The average molecular weight is 509 g/mol. The van der Waals surface area contributed by atoms with Crippen molar-refractivity contribution in [3.8, 4) is 17.2 Å². The number of thioether (sulfide) groups is 1. The van der Waals surface area contributed by atoms with E-state index in [1.165, 1.54) is 17.7 Å². The van der Waals surface area contributed by atoms with E-state index in [2.05, 4.69) is 15.5 Å². The highest BCUT2D eigenvalue weighted by Crippen LogP contribution is 2.26. The number of aromatic hydroxyl groups is 1. The number of nitrogens with one attached hydrogen (secondary N) is 1. The lowest BCUT2D eigenvalue weighted by Crippen LogP contribution is -2.24. The van der Waals surface area contributed by atoms with Gasteiger partial charge >= 0.3 is 0 Å². The molecule has 4 aromatic rings. The van der Waals surface area contributed by atoms with Gasteiger partial charge in [0.25, 0.3) is 11.5 Å². The number of fused-ring (bicyclic) bond motifs is 1. The minimum Gasteiger partial charge on any atom is -0.504 e. The summed E-state index contributed by atoms with van der Waals surface area (Å²) in [5, 5.41) is 15.3. The van der Waals surface area contributed by atoms with E-state index in [1.807, 2.05) is 0 Å². The molecule has 1 heterocycles. The number of nitrogens with zero attached hydrogens (tertiary/aromatic N) is 3. The van der Waals surface area contributed by atoms with E-state index in [4.69, 9.17) is 16.3 Å². The lowest BCUT2D eigenvalue weighted by molar-refractivity contribution is -0.118. The third-order valence-electron chi connectivity index (χ3n) is 5.11. The molecule has 0 saturated carbocycles. The first-order chi connectivity index (χ1) is 16.9. The molecule has 35 heavy (non-hydrogen) atoms. The van der Waals surface area contributed by atoms with Gasteiger partial charge < -0.3 is 9.84 Å². The zero-order valence-electron chi connectivity index (χ0n) is 18.9. The number of aromatic nitrogens is 2. The number of hydrogen-bond acceptors (Lipinski definition) is 7. The summed E-state index contributed by atoms with van der Waals surface area (Å²) < 4.78 is 6.57. The molecule has 0 fully saturated rings. The number of ether oxygens (including phenoxy) is 1. The smallest absolute Gasteiger partial charge is 0.266 e. The van der Waals surface area contributed by atoms with Gasteiger partial charge in [-0.05, 0) is 61.5 Å². The zero-order chi connectivity index (χ0) is 24.9. The van der Waals surface area contributed by atoms with Gasteiger partial charge in [-0.25, -0.2) is 10.4 Å². The number of rotatable bonds is 7. The molecule has 0 bridgehead atoms. The molecule has 3 aromatic carbocycles. The van der Waals surface area contributed by atoms with Crippen molar-refractivity contribution in [1.82, 2.24) is 15.0 Å². The van der Waals surface area contributed by atoms with Crippen molar-refractivity contribution in [2.75, 3.05) is 12.9 Å². The summed E-state index contributed by atoms with van der Waals surface area (Å²) in [5.74, 6) is -0.0700. The summed E-state index contributed by atoms with van der Waals surface area (Å²) in [5.41, 5.74) is 4.62. The Morgan fingerprint density at radius 2 is 1.91 bits per heavy atom. The summed E-state index contributed by atoms with van der Waals surface area (Å²) >= 11 is 7.14. The van der Waals surface area contributed by atoms with Gasteiger partial charge in [-0.3, -0.25) is 14.2 Å². The topological polar surface area (TPSA) is 106 Å². The lowest BCUT2D eigenvalue weighted by Gasteiger charge is -2.13. The van der Waals surface area contributed by atoms with Crippen LogP contribution >= 0.6 is 23.4 Å². The predicted octanol–water partition coefficient (Wildman–Crippen LogP) is 4.39. The van der Waals surface area contributed by atoms with E-state index < -0.39 is 0 Å². The summed E-state index contributed by atoms with van der Waals surface area (Å²) in [4.78, 5) is 30.4. The molecular weight excluding hydrogens is 488 g/mol. The SMILES string of the molecule is COc1cc(C(C)=NNC(=O)CSc2nc3ccccc3c(=O)n2-c2ccc(Cl)cc2)ccc1O. The van der Waals surface area contributed by atoms with Gasteiger partial charge in [-0.2, -0.15) is 5.10 Å². The van der Waals surface area contributed by atoms with Gasteiger partial charge in [0.15, 0.2) is 16.7 Å². The Kier molecular flexibility index (Phi) is 7.38. The Balaban J connectivity index is 1.56. The van der Waals surface area contributed by atoms with Crippen molar-refractivity contribution in [3.63, 3.8) is 0 Å². The maximum atomic E-state index is 13.3. The van der Waals surface area contributed by atoms with E-state index in [-0.39, 0.29) is 23.0 Å². The highest BCUT2D eigenvalue weighted by atomic mass is 35.5. The third kappa shape index (κ3) is 5.47. The van der Waals surface area contributed by atoms with Crippen LogP contribution < -0.4 is 15.7 Å². The van der Waals surface area contributed by atoms with Crippen LogP contribution in [0.2, 0.25) is 5.02 Å². The third-order valence-corrected chi connectivity index (χ3v) is 6.30. The number of amides is 1. The number of benzene rings is 3. The first kappa shape index (κ1) is 24.3. The average Bonchev–Trinajstić information content (AvgIpc) is 2.87. The predicted molar refractivity (Wildman–Crippen MR) is 138 cm³/mol. The van der Waals surface area contributed by atoms with Gasteiger partial charge in [-0.15, -0.1) is 0 Å². The number of phenolic OH excluding ortho intramolecular Hbond substituents is 1. The van der Waals surface area contributed by atoms with Crippen molar-refractivity contribution in [1.29, 1.82) is 0 Å². The summed E-state index contributed by atoms with van der Waals surface area (Å²) in [7, 11) is 1.45. The molecule has 1 amide bonds. The van der Waals surface area contributed by atoms with Crippen molar-refractivity contribution in [2.24, 2.45) is 5.10 Å². The number of hydrogen-bond donors (Lipinski definition) is 2. The number of methoxy groups -OCH3 is 1. The number of halogens is 1. The molecule has 8 nitrogen and oxygen atoms in total. The van der Waals surface area contributed by atoms with Gasteiger partial charge in [-0.1, -0.05) is 35.5 Å². The molecule has 2 N–H and O–H groups in total.